The van der Waals surface area contributed by atoms with Crippen molar-refractivity contribution in [2.45, 2.75) is 53.9 Å². The van der Waals surface area contributed by atoms with E-state index < -0.39 is 0 Å². The summed E-state index contributed by atoms with van der Waals surface area (Å²) in [6.07, 6.45) is 14.7. The zero-order valence-electron chi connectivity index (χ0n) is 73.7. The predicted octanol–water partition coefficient (Wildman–Crippen LogP) is 3.50. The van der Waals surface area contributed by atoms with Gasteiger partial charge in [-0.2, -0.15) is 102 Å². The van der Waals surface area contributed by atoms with Gasteiger partial charge in [-0.3, -0.25) is 19.8 Å². The van der Waals surface area contributed by atoms with E-state index >= 15 is 0 Å². The number of rotatable bonds is 34. The van der Waals surface area contributed by atoms with Crippen LogP contribution in [0.2, 0.25) is 0 Å². The van der Waals surface area contributed by atoms with E-state index in [1.807, 2.05) is 121 Å². The number of hydrogen-bond acceptors (Lipinski definition) is 40. The molecule has 0 unspecified atom stereocenters. The van der Waals surface area contributed by atoms with Crippen LogP contribution >= 0.6 is 0 Å². The zero-order chi connectivity index (χ0) is 92.7. The van der Waals surface area contributed by atoms with Crippen molar-refractivity contribution in [2.75, 3.05) is 121 Å². The van der Waals surface area contributed by atoms with Crippen LogP contribution in [-0.4, -0.2) is 255 Å². The zero-order valence-corrected chi connectivity index (χ0v) is 93.2. The Balaban J connectivity index is -0.000000364. The molecule has 0 bridgehead atoms. The molecule has 0 spiro atoms. The summed E-state index contributed by atoms with van der Waals surface area (Å²) in [5, 5.41) is 114. The summed E-state index contributed by atoms with van der Waals surface area (Å²) in [4.78, 5) is 12.9. The number of nitrogens with zero attached hydrogens (tertiary/aromatic N) is 24. The van der Waals surface area contributed by atoms with Crippen molar-refractivity contribution in [3.05, 3.63) is 166 Å². The molecule has 38 nitrogen and oxygen atoms in total. The van der Waals surface area contributed by atoms with Gasteiger partial charge in [-0.1, -0.05) is 131 Å². The van der Waals surface area contributed by atoms with Crippen molar-refractivity contribution in [3.63, 3.8) is 0 Å². The van der Waals surface area contributed by atoms with Crippen LogP contribution in [0.25, 0.3) is 0 Å². The van der Waals surface area contributed by atoms with Crippen LogP contribution < -0.4 is 63.8 Å². The Morgan fingerprint density at radius 3 is 0.682 bits per heavy atom. The SMILES string of the molecule is CNC([S-])=NN=C(C)C(C)=NN=C([S-])NC.CNC([S-])=NN=C(C)C(C)=NN=C([S-])NC.CNC([S-])=NN=CC=NN=C([S-])NC.[Cu+2].[Cu+2].[Cu+2].[Cu+2].[S-]C(=CN=CC=NC=C([S-])NCCN1CCOCC1)NCCN1CCOCC1.[S-]C(=NN=CC=NN=C([S-])NCc1ccccc1)NCc1ccccc1.[S-]C(=NN=CC=NN=C([S-])NCc1ccccc1)NCc1ccccc1.[Zn+2].[Zn+2]. The number of ether oxygens (including phenoxy) is 2. The molecule has 6 rings (SSSR count). The van der Waals surface area contributed by atoms with Crippen LogP contribution in [-0.2, 0) is 294 Å². The van der Waals surface area contributed by atoms with Crippen LogP contribution in [0.1, 0.15) is 49.9 Å². The number of benzene rings is 4. The maximum absolute atomic E-state index is 5.33. The van der Waals surface area contributed by atoms with E-state index in [9.17, 15) is 0 Å². The molecule has 2 heterocycles. The quantitative estimate of drug-likeness (QED) is 0.0105. The van der Waals surface area contributed by atoms with Gasteiger partial charge in [0.15, 0.2) is 0 Å². The minimum absolute atomic E-state index is 0. The molecule has 0 aliphatic carbocycles. The molecule has 4 aromatic carbocycles. The number of morpholine rings is 2. The Morgan fingerprint density at radius 2 is 0.477 bits per heavy atom. The summed E-state index contributed by atoms with van der Waals surface area (Å²) in [6, 6.07) is 39.6. The van der Waals surface area contributed by atoms with Crippen LogP contribution in [0.5, 0.6) is 0 Å². The van der Waals surface area contributed by atoms with Gasteiger partial charge < -0.3 is 225 Å². The average molecular weight is 2320 g/mol. The minimum atomic E-state index is 0. The van der Waals surface area contributed by atoms with E-state index in [1.54, 1.807) is 94.8 Å². The number of amidine groups is 10. The molecule has 0 saturated carbocycles. The molecule has 720 valence electrons. The van der Waals surface area contributed by atoms with Crippen LogP contribution in [0.3, 0.4) is 0 Å². The Bertz CT molecular complexity index is 4010. The van der Waals surface area contributed by atoms with E-state index in [0.717, 1.165) is 101 Å². The predicted molar refractivity (Wildman–Crippen MR) is 557 cm³/mol. The number of nitrogens with one attached hydrogen (secondary N) is 12. The van der Waals surface area contributed by atoms with E-state index in [-0.39, 0.29) is 107 Å². The first-order valence-electron chi connectivity index (χ1n) is 37.8. The Morgan fingerprint density at radius 1 is 0.280 bits per heavy atom. The van der Waals surface area contributed by atoms with E-state index in [4.69, 9.17) is 161 Å². The third kappa shape index (κ3) is 82.0. The molecule has 56 heteroatoms. The molecule has 4 radical (unpaired) electrons. The molecular weight excluding hydrogens is 2220 g/mol. The van der Waals surface area contributed by atoms with Crippen LogP contribution in [0.15, 0.2) is 256 Å². The van der Waals surface area contributed by atoms with Gasteiger partial charge in [0.05, 0.1) is 86.6 Å². The maximum atomic E-state index is 5.33. The first-order valence-corrected chi connectivity index (χ1v) is 42.7. The van der Waals surface area contributed by atoms with Gasteiger partial charge in [0.2, 0.25) is 0 Å². The first-order chi connectivity index (χ1) is 60.9. The van der Waals surface area contributed by atoms with E-state index in [1.165, 1.54) is 37.3 Å². The smallest absolute Gasteiger partial charge is 0.761 e. The van der Waals surface area contributed by atoms with Crippen LogP contribution in [0.4, 0.5) is 0 Å². The van der Waals surface area contributed by atoms with Gasteiger partial charge in [0.1, 0.15) is 0 Å². The maximum Gasteiger partial charge on any atom is 2.00 e. The Labute approximate surface area is 909 Å². The molecule has 4 aromatic rings. The van der Waals surface area contributed by atoms with Crippen molar-refractivity contribution in [1.29, 1.82) is 0 Å². The molecule has 0 amide bonds. The molecular formula is C76H104Cu4N36O2S12Zn2. The summed E-state index contributed by atoms with van der Waals surface area (Å²) in [5.41, 5.74) is 6.97. The largest absolute Gasteiger partial charge is 2.00 e. The molecule has 132 heavy (non-hydrogen) atoms. The minimum Gasteiger partial charge on any atom is -0.761 e. The van der Waals surface area contributed by atoms with Crippen LogP contribution in [0, 0.1) is 0 Å². The molecule has 2 saturated heterocycles. The molecule has 12 N–H and O–H groups in total. The van der Waals surface area contributed by atoms with Gasteiger partial charge >= 0.3 is 107 Å². The fraction of sp³-hybridized carbons (Fsp3) is 0.342. The molecule has 2 aliphatic heterocycles. The Hall–Kier alpha value is -7.50. The molecule has 0 aromatic heterocycles. The van der Waals surface area contributed by atoms with Gasteiger partial charge in [-0.05, 0) is 102 Å². The molecule has 2 fully saturated rings. The fourth-order valence-electron chi connectivity index (χ4n) is 7.71. The van der Waals surface area contributed by atoms with Crippen molar-refractivity contribution >= 4 is 276 Å². The van der Waals surface area contributed by atoms with Crippen molar-refractivity contribution < 1.29 is 117 Å². The van der Waals surface area contributed by atoms with Gasteiger partial charge in [0.25, 0.3) is 0 Å². The summed E-state index contributed by atoms with van der Waals surface area (Å²) in [5.74, 6) is 0. The number of hydrogen-bond donors (Lipinski definition) is 12. The summed E-state index contributed by atoms with van der Waals surface area (Å²) in [7, 11) is 10.0. The second kappa shape index (κ2) is 93.9. The monoisotopic (exact) mass is 2320 g/mol. The normalized spacial score (nSPS) is 14.5. The van der Waals surface area contributed by atoms with Crippen molar-refractivity contribution in [3.8, 4) is 0 Å². The molecule has 2 aliphatic rings. The summed E-state index contributed by atoms with van der Waals surface area (Å²) in [6.45, 7) is 20.1. The first kappa shape index (κ1) is 135. The van der Waals surface area contributed by atoms with E-state index in [0.29, 0.717) is 111 Å². The third-order valence-corrected chi connectivity index (χ3v) is 17.5. The standard InChI is InChI=1S/C18H32N6O2S2.2C18H20N6S2.2C8H16N6S2.C6H12N6S2.4Cu.2Zn/c27-17(21-3-5-23-7-11-25-12-8-23)15-19-1-2-20-16-18(28)22-4-6-24-9-13-26-14-10-24;2*25-17(19-13-15-7-3-1-4-8-15)23-21-11-12-22-24-18(26)20-14-16-9-5-2-6-10-16;2*1-5(11-13-7(15)9-3)6(2)12-14-8(16)10-4;1-7-5(13)11-9-3-4-10-12-6(14)8-2;;;;;;/h1-2,15-16,21-22,27-28H,3-14H2;2*1-12H,13-14H2,(H2,19,23,25)(H2,20,24,26);2*1-4H3,(H2,9,13,15)(H2,10,14,16);3-4H,1-2H3,(H2,7,11,13)(H2,8,12,14);;;;;;/q;;;;;;6*+2/p-12. The summed E-state index contributed by atoms with van der Waals surface area (Å²) < 4.78 is 10.7. The third-order valence-electron chi connectivity index (χ3n) is 14.4. The van der Waals surface area contributed by atoms with Gasteiger partial charge in [0, 0.05) is 146 Å². The topological polar surface area (TPSA) is 441 Å². The summed E-state index contributed by atoms with van der Waals surface area (Å²) >= 11 is 59.3. The van der Waals surface area contributed by atoms with E-state index in [2.05, 4.69) is 186 Å². The van der Waals surface area contributed by atoms with Crippen molar-refractivity contribution in [2.24, 2.45) is 112 Å². The fourth-order valence-corrected chi connectivity index (χ4v) is 8.77. The average Bonchev–Trinajstić information content (AvgIpc) is 0.962. The Kier molecular flexibility index (Phi) is 96.2. The van der Waals surface area contributed by atoms with Gasteiger partial charge in [-0.15, -0.1) is 0 Å². The number of aliphatic imine (C=N–C) groups is 2. The van der Waals surface area contributed by atoms with Crippen molar-refractivity contribution in [1.82, 2.24) is 73.6 Å². The molecule has 0 atom stereocenters. The second-order valence-electron chi connectivity index (χ2n) is 23.6. The van der Waals surface area contributed by atoms with Gasteiger partial charge in [-0.25, -0.2) is 0 Å². The second-order valence-corrected chi connectivity index (χ2v) is 28.3.